The van der Waals surface area contributed by atoms with E-state index in [1.54, 1.807) is 19.4 Å². The molecule has 5 heteroatoms. The van der Waals surface area contributed by atoms with Crippen molar-refractivity contribution in [2.24, 2.45) is 5.92 Å². The average molecular weight is 257 g/mol. The van der Waals surface area contributed by atoms with Crippen molar-refractivity contribution < 1.29 is 9.84 Å². The van der Waals surface area contributed by atoms with Crippen molar-refractivity contribution in [1.29, 1.82) is 0 Å². The first-order valence-corrected chi connectivity index (χ1v) is 6.11. The second kappa shape index (κ2) is 5.67. The van der Waals surface area contributed by atoms with E-state index in [2.05, 4.69) is 9.88 Å². The molecule has 1 aromatic heterocycles. The van der Waals surface area contributed by atoms with Crippen LogP contribution in [0.5, 0.6) is 0 Å². The molecule has 0 radical (unpaired) electrons. The molecule has 94 valence electrons. The minimum absolute atomic E-state index is 0.0285. The van der Waals surface area contributed by atoms with E-state index in [1.165, 1.54) is 0 Å². The van der Waals surface area contributed by atoms with E-state index in [-0.39, 0.29) is 6.61 Å². The van der Waals surface area contributed by atoms with Crippen LogP contribution in [0, 0.1) is 5.92 Å². The summed E-state index contributed by atoms with van der Waals surface area (Å²) < 4.78 is 5.16. The maximum atomic E-state index is 9.00. The molecule has 4 nitrogen and oxygen atoms in total. The molecule has 0 saturated carbocycles. The van der Waals surface area contributed by atoms with Crippen molar-refractivity contribution in [3.05, 3.63) is 22.8 Å². The van der Waals surface area contributed by atoms with Gasteiger partial charge in [0, 0.05) is 32.3 Å². The van der Waals surface area contributed by atoms with Gasteiger partial charge in [-0.1, -0.05) is 11.6 Å². The summed E-state index contributed by atoms with van der Waals surface area (Å²) in [6, 6.07) is 1.77. The van der Waals surface area contributed by atoms with Crippen LogP contribution in [-0.4, -0.2) is 36.9 Å². The number of halogens is 1. The zero-order valence-electron chi connectivity index (χ0n) is 9.90. The van der Waals surface area contributed by atoms with Crippen molar-refractivity contribution >= 4 is 17.4 Å². The van der Waals surface area contributed by atoms with Gasteiger partial charge < -0.3 is 14.7 Å². The molecule has 1 aromatic rings. The monoisotopic (exact) mass is 256 g/mol. The van der Waals surface area contributed by atoms with Gasteiger partial charge in [0.25, 0.3) is 0 Å². The number of aromatic nitrogens is 1. The molecular weight excluding hydrogens is 240 g/mol. The summed E-state index contributed by atoms with van der Waals surface area (Å²) in [6.45, 7) is 2.64. The Morgan fingerprint density at radius 3 is 3.12 bits per heavy atom. The standard InChI is InChI=1S/C12H17ClN2O2/c1-17-8-9-2-3-15(6-9)12-11(13)4-10(7-16)5-14-12/h4-5,9,16H,2-3,6-8H2,1H3. The Labute approximate surface area is 106 Å². The van der Waals surface area contributed by atoms with Gasteiger partial charge in [-0.3, -0.25) is 0 Å². The van der Waals surface area contributed by atoms with E-state index >= 15 is 0 Å². The fourth-order valence-corrected chi connectivity index (χ4v) is 2.49. The lowest BCUT2D eigenvalue weighted by molar-refractivity contribution is 0.161. The zero-order valence-corrected chi connectivity index (χ0v) is 10.7. The number of hydrogen-bond acceptors (Lipinski definition) is 4. The Bertz CT molecular complexity index is 387. The lowest BCUT2D eigenvalue weighted by atomic mass is 10.1. The molecule has 0 amide bonds. The second-order valence-electron chi connectivity index (χ2n) is 4.36. The van der Waals surface area contributed by atoms with E-state index in [4.69, 9.17) is 21.4 Å². The summed E-state index contributed by atoms with van der Waals surface area (Å²) in [4.78, 5) is 6.49. The molecule has 0 spiro atoms. The number of methoxy groups -OCH3 is 1. The average Bonchev–Trinajstić information content (AvgIpc) is 2.78. The van der Waals surface area contributed by atoms with E-state index in [9.17, 15) is 0 Å². The molecule has 0 bridgehead atoms. The van der Waals surface area contributed by atoms with Crippen LogP contribution in [-0.2, 0) is 11.3 Å². The van der Waals surface area contributed by atoms with Crippen molar-refractivity contribution in [2.75, 3.05) is 31.7 Å². The highest BCUT2D eigenvalue weighted by Crippen LogP contribution is 2.29. The Morgan fingerprint density at radius 1 is 1.65 bits per heavy atom. The highest BCUT2D eigenvalue weighted by atomic mass is 35.5. The lowest BCUT2D eigenvalue weighted by Crippen LogP contribution is -2.22. The summed E-state index contributed by atoms with van der Waals surface area (Å²) in [7, 11) is 1.73. The maximum Gasteiger partial charge on any atom is 0.147 e. The number of pyridine rings is 1. The molecule has 1 saturated heterocycles. The van der Waals surface area contributed by atoms with Gasteiger partial charge in [-0.25, -0.2) is 4.98 Å². The van der Waals surface area contributed by atoms with Crippen molar-refractivity contribution in [1.82, 2.24) is 4.98 Å². The molecule has 2 rings (SSSR count). The van der Waals surface area contributed by atoms with Crippen LogP contribution in [0.2, 0.25) is 5.02 Å². The molecular formula is C12H17ClN2O2. The third-order valence-electron chi connectivity index (χ3n) is 3.05. The third kappa shape index (κ3) is 2.89. The molecule has 2 heterocycles. The summed E-state index contributed by atoms with van der Waals surface area (Å²) in [6.07, 6.45) is 2.78. The fraction of sp³-hybridized carbons (Fsp3) is 0.583. The minimum atomic E-state index is -0.0285. The van der Waals surface area contributed by atoms with E-state index in [0.29, 0.717) is 10.9 Å². The minimum Gasteiger partial charge on any atom is -0.392 e. The molecule has 1 fully saturated rings. The molecule has 1 aliphatic heterocycles. The SMILES string of the molecule is COCC1CCN(c2ncc(CO)cc2Cl)C1. The van der Waals surface area contributed by atoms with E-state index < -0.39 is 0 Å². The first kappa shape index (κ1) is 12.6. The maximum absolute atomic E-state index is 9.00. The first-order chi connectivity index (χ1) is 8.24. The van der Waals surface area contributed by atoms with Gasteiger partial charge in [0.15, 0.2) is 0 Å². The molecule has 1 aliphatic rings. The molecule has 1 N–H and O–H groups in total. The van der Waals surface area contributed by atoms with Gasteiger partial charge in [0.1, 0.15) is 5.82 Å². The third-order valence-corrected chi connectivity index (χ3v) is 3.33. The predicted molar refractivity (Wildman–Crippen MR) is 67.4 cm³/mol. The fourth-order valence-electron chi connectivity index (χ4n) is 2.19. The quantitative estimate of drug-likeness (QED) is 0.891. The molecule has 1 unspecified atom stereocenters. The molecule has 17 heavy (non-hydrogen) atoms. The summed E-state index contributed by atoms with van der Waals surface area (Å²) in [5, 5.41) is 9.61. The van der Waals surface area contributed by atoms with Gasteiger partial charge >= 0.3 is 0 Å². The van der Waals surface area contributed by atoms with Crippen LogP contribution >= 0.6 is 11.6 Å². The normalized spacial score (nSPS) is 19.9. The largest absolute Gasteiger partial charge is 0.392 e. The number of nitrogens with zero attached hydrogens (tertiary/aromatic N) is 2. The Hall–Kier alpha value is -0.840. The van der Waals surface area contributed by atoms with Crippen LogP contribution in [0.3, 0.4) is 0 Å². The van der Waals surface area contributed by atoms with Crippen LogP contribution in [0.4, 0.5) is 5.82 Å². The van der Waals surface area contributed by atoms with Crippen LogP contribution < -0.4 is 4.90 Å². The van der Waals surface area contributed by atoms with Gasteiger partial charge in [0.05, 0.1) is 18.2 Å². The van der Waals surface area contributed by atoms with Crippen molar-refractivity contribution in [2.45, 2.75) is 13.0 Å². The highest BCUT2D eigenvalue weighted by Gasteiger charge is 2.24. The van der Waals surface area contributed by atoms with Gasteiger partial charge in [0.2, 0.25) is 0 Å². The highest BCUT2D eigenvalue weighted by molar-refractivity contribution is 6.33. The first-order valence-electron chi connectivity index (χ1n) is 5.73. The van der Waals surface area contributed by atoms with Gasteiger partial charge in [-0.05, 0) is 18.1 Å². The van der Waals surface area contributed by atoms with E-state index in [0.717, 1.165) is 37.5 Å². The topological polar surface area (TPSA) is 45.6 Å². The zero-order chi connectivity index (χ0) is 12.3. The van der Waals surface area contributed by atoms with Gasteiger partial charge in [-0.2, -0.15) is 0 Å². The van der Waals surface area contributed by atoms with Crippen LogP contribution in [0.1, 0.15) is 12.0 Å². The Kier molecular flexibility index (Phi) is 4.20. The molecule has 1 atom stereocenters. The van der Waals surface area contributed by atoms with Crippen LogP contribution in [0.25, 0.3) is 0 Å². The predicted octanol–water partition coefficient (Wildman–Crippen LogP) is 1.70. The lowest BCUT2D eigenvalue weighted by Gasteiger charge is -2.19. The molecule has 0 aliphatic carbocycles. The number of aliphatic hydroxyl groups excluding tert-OH is 1. The van der Waals surface area contributed by atoms with Crippen LogP contribution in [0.15, 0.2) is 12.3 Å². The number of rotatable bonds is 4. The number of anilines is 1. The summed E-state index contributed by atoms with van der Waals surface area (Å²) in [5.74, 6) is 1.36. The number of ether oxygens (including phenoxy) is 1. The number of aliphatic hydroxyl groups is 1. The second-order valence-corrected chi connectivity index (χ2v) is 4.77. The summed E-state index contributed by atoms with van der Waals surface area (Å²) >= 11 is 6.17. The number of hydrogen-bond donors (Lipinski definition) is 1. The van der Waals surface area contributed by atoms with Crippen molar-refractivity contribution in [3.8, 4) is 0 Å². The summed E-state index contributed by atoms with van der Waals surface area (Å²) in [5.41, 5.74) is 0.742. The van der Waals surface area contributed by atoms with E-state index in [1.807, 2.05) is 0 Å². The van der Waals surface area contributed by atoms with Crippen molar-refractivity contribution in [3.63, 3.8) is 0 Å². The Balaban J connectivity index is 2.08. The smallest absolute Gasteiger partial charge is 0.147 e. The Morgan fingerprint density at radius 2 is 2.47 bits per heavy atom. The van der Waals surface area contributed by atoms with Gasteiger partial charge in [-0.15, -0.1) is 0 Å². The molecule has 0 aromatic carbocycles.